The molecule has 3 nitrogen and oxygen atoms in total. The molecule has 0 aliphatic carbocycles. The molecule has 2 rings (SSSR count). The molecule has 0 aliphatic rings. The van der Waals surface area contributed by atoms with Crippen LogP contribution in [-0.2, 0) is 6.61 Å². The standard InChI is InChI=1S/C16H19NO2/c1-12-5-7-13(8-6-12)11-19-15-4-2-3-14(9-15)16(18)10-17/h2-9,16,18H,10-11,17H2,1H3. The molecule has 0 heterocycles. The Bertz CT molecular complexity index is 523. The van der Waals surface area contributed by atoms with Crippen molar-refractivity contribution in [3.63, 3.8) is 0 Å². The molecule has 1 unspecified atom stereocenters. The van der Waals surface area contributed by atoms with Crippen molar-refractivity contribution in [1.82, 2.24) is 0 Å². The van der Waals surface area contributed by atoms with E-state index in [1.165, 1.54) is 5.56 Å². The van der Waals surface area contributed by atoms with Crippen molar-refractivity contribution >= 4 is 0 Å². The largest absolute Gasteiger partial charge is 0.489 e. The van der Waals surface area contributed by atoms with Crippen LogP contribution in [0, 0.1) is 6.92 Å². The lowest BCUT2D eigenvalue weighted by atomic mass is 10.1. The first kappa shape index (κ1) is 13.6. The Labute approximate surface area is 113 Å². The Kier molecular flexibility index (Phi) is 4.55. The quantitative estimate of drug-likeness (QED) is 0.865. The Balaban J connectivity index is 2.01. The predicted octanol–water partition coefficient (Wildman–Crippen LogP) is 2.57. The maximum Gasteiger partial charge on any atom is 0.120 e. The maximum absolute atomic E-state index is 9.69. The third kappa shape index (κ3) is 3.81. The van der Waals surface area contributed by atoms with Gasteiger partial charge in [-0.2, -0.15) is 0 Å². The van der Waals surface area contributed by atoms with E-state index in [-0.39, 0.29) is 6.54 Å². The minimum Gasteiger partial charge on any atom is -0.489 e. The van der Waals surface area contributed by atoms with E-state index < -0.39 is 6.10 Å². The van der Waals surface area contributed by atoms with Gasteiger partial charge in [0.05, 0.1) is 6.10 Å². The van der Waals surface area contributed by atoms with E-state index in [0.717, 1.165) is 16.9 Å². The molecule has 0 spiro atoms. The Morgan fingerprint density at radius 3 is 2.58 bits per heavy atom. The van der Waals surface area contributed by atoms with Crippen molar-refractivity contribution in [1.29, 1.82) is 0 Å². The van der Waals surface area contributed by atoms with E-state index >= 15 is 0 Å². The summed E-state index contributed by atoms with van der Waals surface area (Å²) in [6.07, 6.45) is -0.636. The third-order valence-electron chi connectivity index (χ3n) is 2.99. The van der Waals surface area contributed by atoms with Gasteiger partial charge >= 0.3 is 0 Å². The highest BCUT2D eigenvalue weighted by Crippen LogP contribution is 2.19. The van der Waals surface area contributed by atoms with Crippen LogP contribution in [0.4, 0.5) is 0 Å². The Morgan fingerprint density at radius 1 is 1.16 bits per heavy atom. The van der Waals surface area contributed by atoms with Gasteiger partial charge in [0.2, 0.25) is 0 Å². The average Bonchev–Trinajstić information content (AvgIpc) is 2.46. The summed E-state index contributed by atoms with van der Waals surface area (Å²) in [5.74, 6) is 0.741. The second kappa shape index (κ2) is 6.36. The molecule has 1 atom stereocenters. The van der Waals surface area contributed by atoms with E-state index in [9.17, 15) is 5.11 Å². The molecule has 0 radical (unpaired) electrons. The monoisotopic (exact) mass is 257 g/mol. The number of rotatable bonds is 5. The molecule has 0 saturated carbocycles. The topological polar surface area (TPSA) is 55.5 Å². The lowest BCUT2D eigenvalue weighted by Crippen LogP contribution is -2.11. The summed E-state index contributed by atoms with van der Waals surface area (Å²) < 4.78 is 5.72. The molecule has 100 valence electrons. The van der Waals surface area contributed by atoms with Gasteiger partial charge in [0.15, 0.2) is 0 Å². The van der Waals surface area contributed by atoms with Gasteiger partial charge in [-0.1, -0.05) is 42.0 Å². The zero-order chi connectivity index (χ0) is 13.7. The molecule has 0 aromatic heterocycles. The molecule has 0 bridgehead atoms. The van der Waals surface area contributed by atoms with Gasteiger partial charge in [0, 0.05) is 6.54 Å². The fourth-order valence-corrected chi connectivity index (χ4v) is 1.80. The molecule has 0 amide bonds. The molecule has 3 heteroatoms. The zero-order valence-electron chi connectivity index (χ0n) is 11.0. The van der Waals surface area contributed by atoms with Crippen molar-refractivity contribution in [2.24, 2.45) is 5.73 Å². The number of nitrogens with two attached hydrogens (primary N) is 1. The second-order valence-electron chi connectivity index (χ2n) is 4.60. The predicted molar refractivity (Wildman–Crippen MR) is 76.0 cm³/mol. The second-order valence-corrected chi connectivity index (χ2v) is 4.60. The van der Waals surface area contributed by atoms with Crippen LogP contribution in [0.2, 0.25) is 0 Å². The van der Waals surface area contributed by atoms with Crippen molar-refractivity contribution in [2.75, 3.05) is 6.54 Å². The van der Waals surface area contributed by atoms with Crippen molar-refractivity contribution in [2.45, 2.75) is 19.6 Å². The molecule has 19 heavy (non-hydrogen) atoms. The normalized spacial score (nSPS) is 12.2. The van der Waals surface area contributed by atoms with E-state index in [1.807, 2.05) is 36.4 Å². The van der Waals surface area contributed by atoms with Crippen LogP contribution >= 0.6 is 0 Å². The molecule has 2 aromatic carbocycles. The van der Waals surface area contributed by atoms with Gasteiger partial charge in [-0.15, -0.1) is 0 Å². The van der Waals surface area contributed by atoms with Gasteiger partial charge < -0.3 is 15.6 Å². The molecular weight excluding hydrogens is 238 g/mol. The molecule has 0 fully saturated rings. The summed E-state index contributed by atoms with van der Waals surface area (Å²) in [6, 6.07) is 15.6. The van der Waals surface area contributed by atoms with Gasteiger partial charge in [-0.3, -0.25) is 0 Å². The summed E-state index contributed by atoms with van der Waals surface area (Å²) in [6.45, 7) is 2.78. The van der Waals surface area contributed by atoms with E-state index in [1.54, 1.807) is 0 Å². The number of hydrogen-bond donors (Lipinski definition) is 2. The van der Waals surface area contributed by atoms with Gasteiger partial charge in [0.1, 0.15) is 12.4 Å². The van der Waals surface area contributed by atoms with Crippen LogP contribution < -0.4 is 10.5 Å². The summed E-state index contributed by atoms with van der Waals surface area (Å²) in [5, 5.41) is 9.69. The first-order chi connectivity index (χ1) is 9.19. The van der Waals surface area contributed by atoms with Gasteiger partial charge in [-0.05, 0) is 30.2 Å². The van der Waals surface area contributed by atoms with Crippen LogP contribution in [0.3, 0.4) is 0 Å². The minimum atomic E-state index is -0.636. The average molecular weight is 257 g/mol. The fraction of sp³-hybridized carbons (Fsp3) is 0.250. The number of aryl methyl sites for hydroxylation is 1. The molecule has 0 aliphatic heterocycles. The highest BCUT2D eigenvalue weighted by atomic mass is 16.5. The minimum absolute atomic E-state index is 0.210. The highest BCUT2D eigenvalue weighted by Gasteiger charge is 2.05. The molecule has 3 N–H and O–H groups in total. The van der Waals surface area contributed by atoms with Crippen LogP contribution in [0.5, 0.6) is 5.75 Å². The lowest BCUT2D eigenvalue weighted by molar-refractivity contribution is 0.186. The van der Waals surface area contributed by atoms with Crippen molar-refractivity contribution in [3.05, 3.63) is 65.2 Å². The number of hydrogen-bond acceptors (Lipinski definition) is 3. The summed E-state index contributed by atoms with van der Waals surface area (Å²) in [4.78, 5) is 0. The van der Waals surface area contributed by atoms with E-state index in [4.69, 9.17) is 10.5 Å². The summed E-state index contributed by atoms with van der Waals surface area (Å²) >= 11 is 0. The number of ether oxygens (including phenoxy) is 1. The smallest absolute Gasteiger partial charge is 0.120 e. The van der Waals surface area contributed by atoms with E-state index in [2.05, 4.69) is 19.1 Å². The Hall–Kier alpha value is -1.84. The molecular formula is C16H19NO2. The van der Waals surface area contributed by atoms with Crippen LogP contribution in [-0.4, -0.2) is 11.7 Å². The van der Waals surface area contributed by atoms with E-state index in [0.29, 0.717) is 6.61 Å². The first-order valence-electron chi connectivity index (χ1n) is 6.35. The van der Waals surface area contributed by atoms with Crippen LogP contribution in [0.15, 0.2) is 48.5 Å². The zero-order valence-corrected chi connectivity index (χ0v) is 11.0. The number of aliphatic hydroxyl groups excluding tert-OH is 1. The number of aliphatic hydroxyl groups is 1. The Morgan fingerprint density at radius 2 is 1.89 bits per heavy atom. The molecule has 2 aromatic rings. The summed E-state index contributed by atoms with van der Waals surface area (Å²) in [7, 11) is 0. The lowest BCUT2D eigenvalue weighted by Gasteiger charge is -2.11. The van der Waals surface area contributed by atoms with Gasteiger partial charge in [-0.25, -0.2) is 0 Å². The van der Waals surface area contributed by atoms with Gasteiger partial charge in [0.25, 0.3) is 0 Å². The maximum atomic E-state index is 9.69. The SMILES string of the molecule is Cc1ccc(COc2cccc(C(O)CN)c2)cc1. The van der Waals surface area contributed by atoms with Crippen LogP contribution in [0.1, 0.15) is 22.8 Å². The van der Waals surface area contributed by atoms with Crippen molar-refractivity contribution < 1.29 is 9.84 Å². The summed E-state index contributed by atoms with van der Waals surface area (Å²) in [5.41, 5.74) is 8.58. The van der Waals surface area contributed by atoms with Crippen LogP contribution in [0.25, 0.3) is 0 Å². The fourth-order valence-electron chi connectivity index (χ4n) is 1.80. The van der Waals surface area contributed by atoms with Crippen molar-refractivity contribution in [3.8, 4) is 5.75 Å². The highest BCUT2D eigenvalue weighted by molar-refractivity contribution is 5.30. The number of benzene rings is 2. The first-order valence-corrected chi connectivity index (χ1v) is 6.35. The third-order valence-corrected chi connectivity index (χ3v) is 2.99. The molecule has 0 saturated heterocycles.